The Hall–Kier alpha value is -0.860. The normalized spacial score (nSPS) is 16.7. The Morgan fingerprint density at radius 1 is 1.00 bits per heavy atom. The van der Waals surface area contributed by atoms with E-state index in [1.165, 1.54) is 24.2 Å². The first-order chi connectivity index (χ1) is 7.20. The van der Waals surface area contributed by atoms with E-state index >= 15 is 0 Å². The van der Waals surface area contributed by atoms with Crippen molar-refractivity contribution in [2.45, 2.75) is 13.8 Å². The Morgan fingerprint density at radius 2 is 1.47 bits per heavy atom. The molecule has 0 aromatic heterocycles. The average molecular weight is 206 g/mol. The van der Waals surface area contributed by atoms with Crippen molar-refractivity contribution in [1.82, 2.24) is 10.2 Å². The summed E-state index contributed by atoms with van der Waals surface area (Å²) in [5, 5.41) is 3.27. The van der Waals surface area contributed by atoms with Crippen LogP contribution in [0.2, 0.25) is 0 Å². The topological polar surface area (TPSA) is 15.3 Å². The van der Waals surface area contributed by atoms with E-state index in [0.29, 0.717) is 0 Å². The first-order valence-corrected chi connectivity index (χ1v) is 5.61. The SMILES string of the molecule is CN1CCNCC1.Cc1ccccc1C. The molecule has 1 N–H and O–H groups in total. The second-order valence-corrected chi connectivity index (χ2v) is 4.14. The molecule has 0 radical (unpaired) electrons. The quantitative estimate of drug-likeness (QED) is 0.696. The van der Waals surface area contributed by atoms with E-state index in [4.69, 9.17) is 0 Å². The summed E-state index contributed by atoms with van der Waals surface area (Å²) >= 11 is 0. The van der Waals surface area contributed by atoms with Crippen molar-refractivity contribution in [3.05, 3.63) is 35.4 Å². The van der Waals surface area contributed by atoms with E-state index in [1.54, 1.807) is 0 Å². The lowest BCUT2D eigenvalue weighted by Crippen LogP contribution is -2.40. The van der Waals surface area contributed by atoms with Gasteiger partial charge in [-0.2, -0.15) is 0 Å². The second kappa shape index (κ2) is 6.59. The summed E-state index contributed by atoms with van der Waals surface area (Å²) in [6.07, 6.45) is 0. The van der Waals surface area contributed by atoms with Gasteiger partial charge >= 0.3 is 0 Å². The van der Waals surface area contributed by atoms with Crippen LogP contribution in [0.15, 0.2) is 24.3 Å². The van der Waals surface area contributed by atoms with Crippen LogP contribution in [-0.2, 0) is 0 Å². The fourth-order valence-corrected chi connectivity index (χ4v) is 1.44. The molecule has 1 heterocycles. The third kappa shape index (κ3) is 4.96. The molecule has 2 heteroatoms. The summed E-state index contributed by atoms with van der Waals surface area (Å²) in [4.78, 5) is 2.33. The molecule has 0 atom stereocenters. The van der Waals surface area contributed by atoms with Gasteiger partial charge in [0.25, 0.3) is 0 Å². The third-order valence-electron chi connectivity index (χ3n) is 2.77. The van der Waals surface area contributed by atoms with Crippen molar-refractivity contribution >= 4 is 0 Å². The molecule has 2 rings (SSSR count). The van der Waals surface area contributed by atoms with Crippen LogP contribution >= 0.6 is 0 Å². The Kier molecular flexibility index (Phi) is 5.37. The Morgan fingerprint density at radius 3 is 1.73 bits per heavy atom. The first-order valence-electron chi connectivity index (χ1n) is 5.61. The highest BCUT2D eigenvalue weighted by Gasteiger charge is 2.01. The van der Waals surface area contributed by atoms with E-state index in [9.17, 15) is 0 Å². The number of hydrogen-bond acceptors (Lipinski definition) is 2. The molecular weight excluding hydrogens is 184 g/mol. The largest absolute Gasteiger partial charge is 0.314 e. The molecule has 0 bridgehead atoms. The predicted molar refractivity (Wildman–Crippen MR) is 66.3 cm³/mol. The van der Waals surface area contributed by atoms with Crippen LogP contribution in [0.1, 0.15) is 11.1 Å². The number of nitrogens with zero attached hydrogens (tertiary/aromatic N) is 1. The maximum atomic E-state index is 3.27. The molecule has 0 amide bonds. The molecule has 0 spiro atoms. The summed E-state index contributed by atoms with van der Waals surface area (Å²) in [6.45, 7) is 8.98. The fraction of sp³-hybridized carbons (Fsp3) is 0.538. The zero-order valence-electron chi connectivity index (χ0n) is 10.1. The van der Waals surface area contributed by atoms with Crippen molar-refractivity contribution in [2.24, 2.45) is 0 Å². The van der Waals surface area contributed by atoms with E-state index in [0.717, 1.165) is 13.1 Å². The van der Waals surface area contributed by atoms with E-state index in [-0.39, 0.29) is 0 Å². The number of piperazine rings is 1. The van der Waals surface area contributed by atoms with Crippen LogP contribution in [0.4, 0.5) is 0 Å². The molecule has 0 unspecified atom stereocenters. The number of likely N-dealkylation sites (N-methyl/N-ethyl adjacent to an activating group) is 1. The molecule has 1 saturated heterocycles. The minimum Gasteiger partial charge on any atom is -0.314 e. The summed E-state index contributed by atoms with van der Waals surface area (Å²) in [6, 6.07) is 8.36. The van der Waals surface area contributed by atoms with Gasteiger partial charge in [-0.05, 0) is 32.0 Å². The van der Waals surface area contributed by atoms with Crippen molar-refractivity contribution in [1.29, 1.82) is 0 Å². The smallest absolute Gasteiger partial charge is 0.0104 e. The lowest BCUT2D eigenvalue weighted by Gasteiger charge is -2.21. The monoisotopic (exact) mass is 206 g/mol. The highest BCUT2D eigenvalue weighted by Crippen LogP contribution is 2.02. The number of nitrogens with one attached hydrogen (secondary N) is 1. The maximum Gasteiger partial charge on any atom is 0.0104 e. The third-order valence-corrected chi connectivity index (χ3v) is 2.77. The zero-order chi connectivity index (χ0) is 11.1. The van der Waals surface area contributed by atoms with Gasteiger partial charge in [0, 0.05) is 26.2 Å². The molecular formula is C13H22N2. The van der Waals surface area contributed by atoms with Crippen LogP contribution in [0.25, 0.3) is 0 Å². The van der Waals surface area contributed by atoms with Gasteiger partial charge in [-0.15, -0.1) is 0 Å². The van der Waals surface area contributed by atoms with Crippen LogP contribution < -0.4 is 5.32 Å². The lowest BCUT2D eigenvalue weighted by molar-refractivity contribution is 0.291. The van der Waals surface area contributed by atoms with Gasteiger partial charge in [-0.3, -0.25) is 0 Å². The molecule has 1 fully saturated rings. The fourth-order valence-electron chi connectivity index (χ4n) is 1.44. The Labute approximate surface area is 93.3 Å². The minimum atomic E-state index is 1.16. The summed E-state index contributed by atoms with van der Waals surface area (Å²) < 4.78 is 0. The molecule has 1 aromatic rings. The van der Waals surface area contributed by atoms with Gasteiger partial charge in [-0.25, -0.2) is 0 Å². The minimum absolute atomic E-state index is 1.16. The molecule has 0 aliphatic carbocycles. The molecule has 1 aromatic carbocycles. The molecule has 2 nitrogen and oxygen atoms in total. The van der Waals surface area contributed by atoms with Crippen LogP contribution in [0.3, 0.4) is 0 Å². The molecule has 15 heavy (non-hydrogen) atoms. The van der Waals surface area contributed by atoms with E-state index in [1.807, 2.05) is 0 Å². The van der Waals surface area contributed by atoms with Gasteiger partial charge in [0.15, 0.2) is 0 Å². The zero-order valence-corrected chi connectivity index (χ0v) is 10.1. The lowest BCUT2D eigenvalue weighted by atomic mass is 10.1. The van der Waals surface area contributed by atoms with E-state index in [2.05, 4.69) is 55.4 Å². The molecule has 1 aliphatic rings. The summed E-state index contributed by atoms with van der Waals surface area (Å²) in [5.74, 6) is 0. The van der Waals surface area contributed by atoms with Gasteiger partial charge in [0.1, 0.15) is 0 Å². The molecule has 1 aliphatic heterocycles. The number of hydrogen-bond donors (Lipinski definition) is 1. The van der Waals surface area contributed by atoms with Gasteiger partial charge in [-0.1, -0.05) is 24.3 Å². The van der Waals surface area contributed by atoms with Crippen LogP contribution in [0.5, 0.6) is 0 Å². The highest BCUT2D eigenvalue weighted by molar-refractivity contribution is 5.23. The van der Waals surface area contributed by atoms with Crippen molar-refractivity contribution < 1.29 is 0 Å². The molecule has 84 valence electrons. The van der Waals surface area contributed by atoms with Crippen molar-refractivity contribution in [3.8, 4) is 0 Å². The Balaban J connectivity index is 0.000000151. The summed E-state index contributed by atoms with van der Waals surface area (Å²) in [5.41, 5.74) is 2.74. The van der Waals surface area contributed by atoms with Gasteiger partial charge < -0.3 is 10.2 Å². The van der Waals surface area contributed by atoms with Gasteiger partial charge in [0.05, 0.1) is 0 Å². The number of aryl methyl sites for hydroxylation is 2. The van der Waals surface area contributed by atoms with Gasteiger partial charge in [0.2, 0.25) is 0 Å². The number of rotatable bonds is 0. The standard InChI is InChI=1S/C8H10.C5H12N2/c1-7-5-3-4-6-8(7)2;1-7-4-2-6-3-5-7/h3-6H,1-2H3;6H,2-5H2,1H3. The predicted octanol–water partition coefficient (Wildman–Crippen LogP) is 1.82. The number of benzene rings is 1. The van der Waals surface area contributed by atoms with Crippen LogP contribution in [0, 0.1) is 13.8 Å². The van der Waals surface area contributed by atoms with Crippen LogP contribution in [-0.4, -0.2) is 38.1 Å². The second-order valence-electron chi connectivity index (χ2n) is 4.14. The van der Waals surface area contributed by atoms with Crippen molar-refractivity contribution in [2.75, 3.05) is 33.2 Å². The molecule has 0 saturated carbocycles. The van der Waals surface area contributed by atoms with Crippen molar-refractivity contribution in [3.63, 3.8) is 0 Å². The Bertz CT molecular complexity index is 257. The highest BCUT2D eigenvalue weighted by atomic mass is 15.2. The first kappa shape index (κ1) is 12.2. The maximum absolute atomic E-state index is 3.27. The summed E-state index contributed by atoms with van der Waals surface area (Å²) in [7, 11) is 2.15. The van der Waals surface area contributed by atoms with E-state index < -0.39 is 0 Å². The average Bonchev–Trinajstić information content (AvgIpc) is 2.25.